The summed E-state index contributed by atoms with van der Waals surface area (Å²) < 4.78 is 14.7. The van der Waals surface area contributed by atoms with Crippen molar-refractivity contribution in [3.05, 3.63) is 62.3 Å². The Balaban J connectivity index is 1.52. The third-order valence-corrected chi connectivity index (χ3v) is 6.02. The molecule has 0 aliphatic carbocycles. The zero-order valence-electron chi connectivity index (χ0n) is 13.9. The van der Waals surface area contributed by atoms with Gasteiger partial charge in [0.2, 0.25) is 5.91 Å². The normalized spacial score (nSPS) is 15.8. The number of benzene rings is 2. The minimum absolute atomic E-state index is 0.000660. The molecule has 0 saturated carbocycles. The van der Waals surface area contributed by atoms with E-state index in [1.54, 1.807) is 24.3 Å². The summed E-state index contributed by atoms with van der Waals surface area (Å²) in [6.07, 6.45) is 1.48. The van der Waals surface area contributed by atoms with E-state index in [9.17, 15) is 9.18 Å². The van der Waals surface area contributed by atoms with E-state index >= 15 is 0 Å². The van der Waals surface area contributed by atoms with E-state index in [0.717, 1.165) is 30.4 Å². The van der Waals surface area contributed by atoms with E-state index in [-0.39, 0.29) is 17.6 Å². The van der Waals surface area contributed by atoms with E-state index in [1.165, 1.54) is 6.07 Å². The van der Waals surface area contributed by atoms with E-state index in [4.69, 9.17) is 23.2 Å². The number of carbonyl (C=O) groups is 1. The molecule has 2 aromatic carbocycles. The molecule has 7 heteroatoms. The largest absolute Gasteiger partial charge is 0.326 e. The van der Waals surface area contributed by atoms with Gasteiger partial charge in [0.15, 0.2) is 0 Å². The SMILES string of the molecule is O=C(Nc1ccc(Br)c(Cl)c1)C1CCN(Cc2ccc(Cl)cc2F)CC1. The third-order valence-electron chi connectivity index (χ3n) is 4.55. The summed E-state index contributed by atoms with van der Waals surface area (Å²) in [6, 6.07) is 10.1. The highest BCUT2D eigenvalue weighted by atomic mass is 79.9. The smallest absolute Gasteiger partial charge is 0.227 e. The Hall–Kier alpha value is -1.14. The molecule has 0 bridgehead atoms. The van der Waals surface area contributed by atoms with Gasteiger partial charge >= 0.3 is 0 Å². The van der Waals surface area contributed by atoms with E-state index in [1.807, 2.05) is 6.07 Å². The topological polar surface area (TPSA) is 32.3 Å². The lowest BCUT2D eigenvalue weighted by Gasteiger charge is -2.31. The monoisotopic (exact) mass is 458 g/mol. The molecule has 2 aromatic rings. The van der Waals surface area contributed by atoms with Crippen LogP contribution in [-0.4, -0.2) is 23.9 Å². The Bertz CT molecular complexity index is 810. The van der Waals surface area contributed by atoms with Crippen LogP contribution in [0.5, 0.6) is 0 Å². The van der Waals surface area contributed by atoms with Gasteiger partial charge in [-0.25, -0.2) is 4.39 Å². The summed E-state index contributed by atoms with van der Waals surface area (Å²) in [5, 5.41) is 3.88. The van der Waals surface area contributed by atoms with Crippen LogP contribution >= 0.6 is 39.1 Å². The number of nitrogens with one attached hydrogen (secondary N) is 1. The van der Waals surface area contributed by atoms with Gasteiger partial charge in [0, 0.05) is 33.2 Å². The van der Waals surface area contributed by atoms with Gasteiger partial charge in [-0.1, -0.05) is 29.3 Å². The van der Waals surface area contributed by atoms with Gasteiger partial charge in [-0.15, -0.1) is 0 Å². The van der Waals surface area contributed by atoms with Crippen molar-refractivity contribution in [2.45, 2.75) is 19.4 Å². The highest BCUT2D eigenvalue weighted by molar-refractivity contribution is 9.10. The molecule has 0 aromatic heterocycles. The van der Waals surface area contributed by atoms with Gasteiger partial charge in [0.1, 0.15) is 5.82 Å². The summed E-state index contributed by atoms with van der Waals surface area (Å²) in [7, 11) is 0. The second-order valence-electron chi connectivity index (χ2n) is 6.40. The fourth-order valence-corrected chi connectivity index (χ4v) is 3.65. The molecular formula is C19H18BrCl2FN2O. The molecule has 0 spiro atoms. The van der Waals surface area contributed by atoms with E-state index < -0.39 is 0 Å². The molecule has 1 amide bonds. The number of hydrogen-bond donors (Lipinski definition) is 1. The third kappa shape index (κ3) is 4.97. The second kappa shape index (κ2) is 8.70. The molecule has 3 rings (SSSR count). The molecule has 138 valence electrons. The molecule has 3 nitrogen and oxygen atoms in total. The summed E-state index contributed by atoms with van der Waals surface area (Å²) >= 11 is 15.2. The first-order valence-corrected chi connectivity index (χ1v) is 9.89. The van der Waals surface area contributed by atoms with Crippen molar-refractivity contribution in [2.24, 2.45) is 5.92 Å². The Morgan fingerprint density at radius 2 is 1.92 bits per heavy atom. The fourth-order valence-electron chi connectivity index (χ4n) is 3.06. The minimum Gasteiger partial charge on any atom is -0.326 e. The number of carbonyl (C=O) groups excluding carboxylic acids is 1. The predicted octanol–water partition coefficient (Wildman–Crippen LogP) is 5.75. The van der Waals surface area contributed by atoms with Gasteiger partial charge in [-0.05, 0) is 72.2 Å². The Morgan fingerprint density at radius 1 is 1.19 bits per heavy atom. The summed E-state index contributed by atoms with van der Waals surface area (Å²) in [5.74, 6) is -0.339. The molecule has 1 fully saturated rings. The molecule has 0 atom stereocenters. The summed E-state index contributed by atoms with van der Waals surface area (Å²) in [5.41, 5.74) is 1.32. The average molecular weight is 460 g/mol. The van der Waals surface area contributed by atoms with E-state index in [0.29, 0.717) is 27.8 Å². The number of halogens is 4. The zero-order valence-corrected chi connectivity index (χ0v) is 17.0. The predicted molar refractivity (Wildman–Crippen MR) is 107 cm³/mol. The van der Waals surface area contributed by atoms with Crippen LogP contribution in [0.3, 0.4) is 0 Å². The van der Waals surface area contributed by atoms with Crippen molar-refractivity contribution in [2.75, 3.05) is 18.4 Å². The van der Waals surface area contributed by atoms with Crippen LogP contribution in [0.4, 0.5) is 10.1 Å². The molecule has 1 N–H and O–H groups in total. The number of anilines is 1. The molecule has 0 radical (unpaired) electrons. The van der Waals surface area contributed by atoms with Gasteiger partial charge in [-0.3, -0.25) is 9.69 Å². The summed E-state index contributed by atoms with van der Waals surface area (Å²) in [6.45, 7) is 2.03. The number of piperidine rings is 1. The first-order valence-electron chi connectivity index (χ1n) is 8.34. The van der Waals surface area contributed by atoms with Gasteiger partial charge < -0.3 is 5.32 Å². The highest BCUT2D eigenvalue weighted by Gasteiger charge is 2.25. The fraction of sp³-hybridized carbons (Fsp3) is 0.316. The van der Waals surface area contributed by atoms with Crippen molar-refractivity contribution in [1.29, 1.82) is 0 Å². The lowest BCUT2D eigenvalue weighted by Crippen LogP contribution is -2.37. The van der Waals surface area contributed by atoms with Crippen LogP contribution in [0.15, 0.2) is 40.9 Å². The molecular weight excluding hydrogens is 442 g/mol. The maximum absolute atomic E-state index is 13.9. The van der Waals surface area contributed by atoms with Gasteiger partial charge in [0.25, 0.3) is 0 Å². The lowest BCUT2D eigenvalue weighted by molar-refractivity contribution is -0.121. The van der Waals surface area contributed by atoms with E-state index in [2.05, 4.69) is 26.1 Å². The van der Waals surface area contributed by atoms with Crippen LogP contribution < -0.4 is 5.32 Å². The highest BCUT2D eigenvalue weighted by Crippen LogP contribution is 2.27. The quantitative estimate of drug-likeness (QED) is 0.631. The molecule has 0 unspecified atom stereocenters. The number of nitrogens with zero attached hydrogens (tertiary/aromatic N) is 1. The second-order valence-corrected chi connectivity index (χ2v) is 8.10. The number of amides is 1. The van der Waals surface area contributed by atoms with Crippen LogP contribution in [0.1, 0.15) is 18.4 Å². The molecule has 1 saturated heterocycles. The molecule has 1 aliphatic heterocycles. The van der Waals surface area contributed by atoms with Crippen molar-refractivity contribution < 1.29 is 9.18 Å². The standard InChI is InChI=1S/C19H18BrCl2FN2O/c20-16-4-3-15(10-17(16)22)24-19(26)12-5-7-25(8-6-12)11-13-1-2-14(21)9-18(13)23/h1-4,9-10,12H,5-8,11H2,(H,24,26). The van der Waals surface area contributed by atoms with Gasteiger partial charge in [-0.2, -0.15) is 0 Å². The maximum Gasteiger partial charge on any atom is 0.227 e. The Kier molecular flexibility index (Phi) is 6.56. The molecule has 1 heterocycles. The number of hydrogen-bond acceptors (Lipinski definition) is 2. The molecule has 1 aliphatic rings. The first-order chi connectivity index (χ1) is 12.4. The minimum atomic E-state index is -0.288. The van der Waals surface area contributed by atoms with Crippen molar-refractivity contribution in [3.8, 4) is 0 Å². The zero-order chi connectivity index (χ0) is 18.7. The van der Waals surface area contributed by atoms with Crippen molar-refractivity contribution >= 4 is 50.7 Å². The van der Waals surface area contributed by atoms with Crippen LogP contribution in [0.25, 0.3) is 0 Å². The van der Waals surface area contributed by atoms with Crippen LogP contribution in [-0.2, 0) is 11.3 Å². The van der Waals surface area contributed by atoms with Gasteiger partial charge in [0.05, 0.1) is 5.02 Å². The Morgan fingerprint density at radius 3 is 2.58 bits per heavy atom. The average Bonchev–Trinajstić information content (AvgIpc) is 2.61. The number of rotatable bonds is 4. The summed E-state index contributed by atoms with van der Waals surface area (Å²) in [4.78, 5) is 14.6. The van der Waals surface area contributed by atoms with Crippen molar-refractivity contribution in [1.82, 2.24) is 4.90 Å². The number of likely N-dealkylation sites (tertiary alicyclic amines) is 1. The Labute approximate surface area is 170 Å². The molecule has 26 heavy (non-hydrogen) atoms. The van der Waals surface area contributed by atoms with Crippen LogP contribution in [0.2, 0.25) is 10.0 Å². The van der Waals surface area contributed by atoms with Crippen LogP contribution in [0, 0.1) is 11.7 Å². The first kappa shape index (κ1) is 19.6. The lowest BCUT2D eigenvalue weighted by atomic mass is 9.95. The van der Waals surface area contributed by atoms with Crippen molar-refractivity contribution in [3.63, 3.8) is 0 Å². The maximum atomic E-state index is 13.9.